The van der Waals surface area contributed by atoms with Gasteiger partial charge in [0.15, 0.2) is 0 Å². The Morgan fingerprint density at radius 1 is 0.800 bits per heavy atom. The average molecular weight is 257 g/mol. The number of pyridine rings is 2. The molecule has 5 heteroatoms. The summed E-state index contributed by atoms with van der Waals surface area (Å²) in [6.45, 7) is 0. The van der Waals surface area contributed by atoms with Crippen LogP contribution in [0.1, 0.15) is 0 Å². The van der Waals surface area contributed by atoms with Gasteiger partial charge in [0.1, 0.15) is 10.1 Å². The molecule has 2 rings (SSSR count). The zero-order valence-electron chi connectivity index (χ0n) is 7.52. The maximum atomic E-state index is 5.73. The van der Waals surface area contributed by atoms with Crippen molar-refractivity contribution in [2.45, 2.75) is 10.1 Å². The molecule has 2 nitrogen and oxygen atoms in total. The molecule has 2 aromatic heterocycles. The predicted molar refractivity (Wildman–Crippen MR) is 62.6 cm³/mol. The highest BCUT2D eigenvalue weighted by Crippen LogP contribution is 2.25. The van der Waals surface area contributed by atoms with Gasteiger partial charge in [-0.15, -0.1) is 0 Å². The first-order valence-corrected chi connectivity index (χ1v) is 5.72. The molecule has 76 valence electrons. The Kier molecular flexibility index (Phi) is 3.46. The van der Waals surface area contributed by atoms with Gasteiger partial charge in [-0.3, -0.25) is 0 Å². The van der Waals surface area contributed by atoms with Crippen LogP contribution in [0.25, 0.3) is 0 Å². The van der Waals surface area contributed by atoms with Gasteiger partial charge in [0.2, 0.25) is 0 Å². The number of aromatic nitrogens is 2. The fourth-order valence-corrected chi connectivity index (χ4v) is 1.87. The maximum Gasteiger partial charge on any atom is 0.102 e. The van der Waals surface area contributed by atoms with Gasteiger partial charge in [0, 0.05) is 12.4 Å². The van der Waals surface area contributed by atoms with E-state index in [1.165, 1.54) is 11.8 Å². The van der Waals surface area contributed by atoms with Crippen LogP contribution in [0.4, 0.5) is 0 Å². The van der Waals surface area contributed by atoms with Crippen molar-refractivity contribution in [3.63, 3.8) is 0 Å². The van der Waals surface area contributed by atoms with Crippen LogP contribution in [0.2, 0.25) is 10.0 Å². The van der Waals surface area contributed by atoms with Crippen molar-refractivity contribution < 1.29 is 0 Å². The zero-order valence-corrected chi connectivity index (χ0v) is 9.85. The Balaban J connectivity index is 2.15. The quantitative estimate of drug-likeness (QED) is 0.815. The monoisotopic (exact) mass is 256 g/mol. The molecule has 0 spiro atoms. The van der Waals surface area contributed by atoms with Crippen molar-refractivity contribution in [2.24, 2.45) is 0 Å². The summed E-state index contributed by atoms with van der Waals surface area (Å²) < 4.78 is 0. The molecule has 0 atom stereocenters. The Morgan fingerprint density at radius 2 is 1.27 bits per heavy atom. The number of hydrogen-bond donors (Lipinski definition) is 0. The highest BCUT2D eigenvalue weighted by Gasteiger charge is 1.99. The van der Waals surface area contributed by atoms with E-state index in [-0.39, 0.29) is 0 Å². The highest BCUT2D eigenvalue weighted by molar-refractivity contribution is 7.99. The van der Waals surface area contributed by atoms with E-state index in [0.29, 0.717) is 10.0 Å². The third kappa shape index (κ3) is 3.09. The minimum atomic E-state index is 0.628. The molecular formula is C10H6Cl2N2S. The lowest BCUT2D eigenvalue weighted by molar-refractivity contribution is 1.09. The summed E-state index contributed by atoms with van der Waals surface area (Å²) in [6.07, 6.45) is 3.22. The fraction of sp³-hybridized carbons (Fsp3) is 0. The van der Waals surface area contributed by atoms with Crippen LogP contribution in [0.5, 0.6) is 0 Å². The molecule has 0 unspecified atom stereocenters. The molecule has 0 radical (unpaired) electrons. The van der Waals surface area contributed by atoms with Crippen molar-refractivity contribution in [3.8, 4) is 0 Å². The smallest absolute Gasteiger partial charge is 0.102 e. The first kappa shape index (κ1) is 10.7. The summed E-state index contributed by atoms with van der Waals surface area (Å²) in [7, 11) is 0. The molecule has 0 aliphatic heterocycles. The second-order valence-electron chi connectivity index (χ2n) is 2.73. The first-order chi connectivity index (χ1) is 7.24. The normalized spacial score (nSPS) is 10.3. The number of halogens is 2. The van der Waals surface area contributed by atoms with E-state index in [0.717, 1.165) is 10.1 Å². The lowest BCUT2D eigenvalue weighted by Gasteiger charge is -1.99. The Bertz CT molecular complexity index is 398. The molecule has 0 fully saturated rings. The Labute approximate surface area is 102 Å². The van der Waals surface area contributed by atoms with Crippen LogP contribution in [0.3, 0.4) is 0 Å². The summed E-state index contributed by atoms with van der Waals surface area (Å²) in [5.74, 6) is 0. The average Bonchev–Trinajstić information content (AvgIpc) is 2.25. The van der Waals surface area contributed by atoms with Gasteiger partial charge < -0.3 is 0 Å². The van der Waals surface area contributed by atoms with Crippen molar-refractivity contribution in [1.29, 1.82) is 0 Å². The van der Waals surface area contributed by atoms with E-state index >= 15 is 0 Å². The molecule has 2 heterocycles. The molecule has 15 heavy (non-hydrogen) atoms. The standard InChI is InChI=1S/C10H6Cl2N2S/c11-7-1-3-9(13-5-7)15-10-4-2-8(12)6-14-10/h1-6H. The second-order valence-corrected chi connectivity index (χ2v) is 4.64. The second kappa shape index (κ2) is 4.84. The molecule has 0 amide bonds. The molecule has 0 aromatic carbocycles. The highest BCUT2D eigenvalue weighted by atomic mass is 35.5. The molecule has 0 aliphatic rings. The predicted octanol–water partition coefficient (Wildman–Crippen LogP) is 3.93. The van der Waals surface area contributed by atoms with Crippen LogP contribution in [0, 0.1) is 0 Å². The molecule has 0 N–H and O–H groups in total. The summed E-state index contributed by atoms with van der Waals surface area (Å²) in [5.41, 5.74) is 0. The van der Waals surface area contributed by atoms with Gasteiger partial charge in [0.25, 0.3) is 0 Å². The van der Waals surface area contributed by atoms with E-state index in [4.69, 9.17) is 23.2 Å². The molecule has 0 aliphatic carbocycles. The van der Waals surface area contributed by atoms with E-state index in [9.17, 15) is 0 Å². The van der Waals surface area contributed by atoms with Crippen molar-refractivity contribution in [2.75, 3.05) is 0 Å². The third-order valence-corrected chi connectivity index (χ3v) is 2.96. The number of hydrogen-bond acceptors (Lipinski definition) is 3. The van der Waals surface area contributed by atoms with Crippen LogP contribution in [-0.2, 0) is 0 Å². The van der Waals surface area contributed by atoms with Crippen molar-refractivity contribution in [3.05, 3.63) is 46.7 Å². The van der Waals surface area contributed by atoms with Gasteiger partial charge >= 0.3 is 0 Å². The minimum Gasteiger partial charge on any atom is -0.248 e. The van der Waals surface area contributed by atoms with Crippen LogP contribution < -0.4 is 0 Å². The largest absolute Gasteiger partial charge is 0.248 e. The summed E-state index contributed by atoms with van der Waals surface area (Å²) >= 11 is 12.9. The number of rotatable bonds is 2. The van der Waals surface area contributed by atoms with E-state index < -0.39 is 0 Å². The van der Waals surface area contributed by atoms with Crippen LogP contribution in [0.15, 0.2) is 46.7 Å². The van der Waals surface area contributed by atoms with Crippen molar-refractivity contribution in [1.82, 2.24) is 9.97 Å². The van der Waals surface area contributed by atoms with E-state index in [1.54, 1.807) is 24.5 Å². The molecular weight excluding hydrogens is 251 g/mol. The topological polar surface area (TPSA) is 25.8 Å². The molecule has 0 saturated heterocycles. The van der Waals surface area contributed by atoms with Crippen molar-refractivity contribution >= 4 is 35.0 Å². The third-order valence-electron chi connectivity index (χ3n) is 1.61. The zero-order chi connectivity index (χ0) is 10.7. The lowest BCUT2D eigenvalue weighted by atomic mass is 10.5. The fourth-order valence-electron chi connectivity index (χ4n) is 0.952. The Morgan fingerprint density at radius 3 is 1.60 bits per heavy atom. The van der Waals surface area contributed by atoms with Gasteiger partial charge in [0.05, 0.1) is 10.0 Å². The first-order valence-electron chi connectivity index (χ1n) is 4.15. The van der Waals surface area contributed by atoms with E-state index in [1.807, 2.05) is 12.1 Å². The maximum absolute atomic E-state index is 5.73. The summed E-state index contributed by atoms with van der Waals surface area (Å²) in [4.78, 5) is 8.31. The van der Waals surface area contributed by atoms with Crippen LogP contribution in [-0.4, -0.2) is 9.97 Å². The minimum absolute atomic E-state index is 0.628. The van der Waals surface area contributed by atoms with E-state index in [2.05, 4.69) is 9.97 Å². The van der Waals surface area contributed by atoms with Gasteiger partial charge in [-0.05, 0) is 24.3 Å². The SMILES string of the molecule is Clc1ccc(Sc2ccc(Cl)cn2)nc1. The lowest BCUT2D eigenvalue weighted by Crippen LogP contribution is -1.81. The molecule has 0 bridgehead atoms. The molecule has 2 aromatic rings. The molecule has 0 saturated carbocycles. The van der Waals surface area contributed by atoms with Crippen LogP contribution >= 0.6 is 35.0 Å². The van der Waals surface area contributed by atoms with Gasteiger partial charge in [-0.25, -0.2) is 9.97 Å². The Hall–Kier alpha value is -0.770. The number of nitrogens with zero attached hydrogens (tertiary/aromatic N) is 2. The van der Waals surface area contributed by atoms with Gasteiger partial charge in [-0.2, -0.15) is 0 Å². The summed E-state index contributed by atoms with van der Waals surface area (Å²) in [5, 5.41) is 2.97. The summed E-state index contributed by atoms with van der Waals surface area (Å²) in [6, 6.07) is 7.30. The van der Waals surface area contributed by atoms with Gasteiger partial charge in [-0.1, -0.05) is 35.0 Å².